The molecule has 1 atom stereocenters. The van der Waals surface area contributed by atoms with Gasteiger partial charge in [-0.3, -0.25) is 18.0 Å². The Morgan fingerprint density at radius 1 is 0.566 bits per heavy atom. The molecule has 83 heavy (non-hydrogen) atoms. The van der Waals surface area contributed by atoms with Gasteiger partial charge in [0.2, 0.25) is 0 Å². The molecule has 1 unspecified atom stereocenters. The Balaban J connectivity index is 0.000000215. The number of alkyl halides is 3. The van der Waals surface area contributed by atoms with Crippen molar-refractivity contribution >= 4 is 74.1 Å². The van der Waals surface area contributed by atoms with E-state index in [1.54, 1.807) is 60.9 Å². The number of esters is 1. The summed E-state index contributed by atoms with van der Waals surface area (Å²) in [5.74, 6) is 0.627. The molecule has 0 aliphatic rings. The third-order valence-corrected chi connectivity index (χ3v) is 13.6. The Morgan fingerprint density at radius 2 is 0.964 bits per heavy atom. The van der Waals surface area contributed by atoms with Gasteiger partial charge in [-0.05, 0) is 108 Å². The van der Waals surface area contributed by atoms with Crippen molar-refractivity contribution in [2.75, 3.05) is 27.9 Å². The van der Waals surface area contributed by atoms with Crippen LogP contribution in [0.25, 0.3) is 16.9 Å². The molecule has 0 radical (unpaired) electrons. The number of carboxylic acid groups (broad SMARTS) is 1. The molecule has 0 aliphatic carbocycles. The van der Waals surface area contributed by atoms with Gasteiger partial charge in [-0.25, -0.2) is 44.5 Å². The Bertz CT molecular complexity index is 3520. The zero-order valence-corrected chi connectivity index (χ0v) is 51.6. The van der Waals surface area contributed by atoms with E-state index in [1.165, 1.54) is 35.9 Å². The van der Waals surface area contributed by atoms with E-state index in [0.717, 1.165) is 53.9 Å². The topological polar surface area (TPSA) is 232 Å². The second-order valence-corrected chi connectivity index (χ2v) is 27.6. The number of imidazole rings is 3. The molecule has 5 N–H and O–H groups in total. The third kappa shape index (κ3) is 18.9. The Kier molecular flexibility index (Phi) is 19.4. The van der Waals surface area contributed by atoms with Crippen LogP contribution in [0.5, 0.6) is 0 Å². The first-order valence-corrected chi connectivity index (χ1v) is 28.3. The molecule has 8 rings (SSSR count). The van der Waals surface area contributed by atoms with Crippen LogP contribution in [0, 0.1) is 16.2 Å². The molecule has 23 heteroatoms. The number of aromatic nitrogens is 10. The van der Waals surface area contributed by atoms with Crippen molar-refractivity contribution in [3.05, 3.63) is 114 Å². The van der Waals surface area contributed by atoms with Crippen LogP contribution in [0.3, 0.4) is 0 Å². The van der Waals surface area contributed by atoms with Crippen molar-refractivity contribution in [1.29, 1.82) is 0 Å². The lowest BCUT2D eigenvalue weighted by Crippen LogP contribution is -2.35. The minimum absolute atomic E-state index is 0.00261. The van der Waals surface area contributed by atoms with Crippen molar-refractivity contribution in [2.24, 2.45) is 16.2 Å². The number of hydrogen-bond donors (Lipinski definition) is 5. The van der Waals surface area contributed by atoms with Gasteiger partial charge in [0.15, 0.2) is 34.1 Å². The highest BCUT2D eigenvalue weighted by molar-refractivity contribution is 7.15. The summed E-state index contributed by atoms with van der Waals surface area (Å²) < 4.78 is 48.8. The summed E-state index contributed by atoms with van der Waals surface area (Å²) in [4.78, 5) is 65.8. The molecule has 448 valence electrons. The maximum atomic E-state index is 13.1. The number of nitrogens with one attached hydrogen (secondary N) is 4. The minimum Gasteiger partial charge on any atom is -0.476 e. The number of hydrogen-bond acceptors (Lipinski definition) is 16. The fourth-order valence-electron chi connectivity index (χ4n) is 10.6. The summed E-state index contributed by atoms with van der Waals surface area (Å²) in [7, 11) is 0. The molecule has 7 heterocycles. The van der Waals surface area contributed by atoms with Crippen LogP contribution in [0.15, 0.2) is 86.2 Å². The van der Waals surface area contributed by atoms with Crippen LogP contribution in [0.1, 0.15) is 191 Å². The molecule has 0 bridgehead atoms. The predicted octanol–water partition coefficient (Wildman–Crippen LogP) is 14.5. The van der Waals surface area contributed by atoms with E-state index >= 15 is 0 Å². The van der Waals surface area contributed by atoms with E-state index in [-0.39, 0.29) is 62.4 Å². The van der Waals surface area contributed by atoms with E-state index < -0.39 is 23.7 Å². The van der Waals surface area contributed by atoms with E-state index in [2.05, 4.69) is 160 Å². The van der Waals surface area contributed by atoms with Crippen molar-refractivity contribution in [3.63, 3.8) is 0 Å². The molecule has 0 aliphatic heterocycles. The number of fused-ring (bicyclic) bond motifs is 3. The fraction of sp³-hybridized carbons (Fsp3) is 0.500. The Morgan fingerprint density at radius 3 is 1.36 bits per heavy atom. The van der Waals surface area contributed by atoms with E-state index in [9.17, 15) is 27.6 Å². The standard InChI is InChI=1S/C28H33F3N6OS.C17H26N4O2.C15H22N4O2/c1-17(25-34-14-24(39-25)35-19-9-7-18(8-10-19)28(29,30)31)11-21(38)20-15-37-22(12-32-20)33-13-23(37)36-27(5,6)16-26(2,3)4;1-7-23-15(22)12-10-21-13(8-18-12)19-9-14(21)20-17(5,6)11-16(2,3)4;1-14(2,3)9-15(4,5)18-12-7-17-11-6-16-10(13(20)21)8-19(11)12/h7-10,12-15,17,35-36H,11,16H2,1-6H3;8-10,20H,7,11H2,1-6H3;6-8,18H,9H2,1-5H3,(H,20,21). The molecule has 1 aromatic carbocycles. The summed E-state index contributed by atoms with van der Waals surface area (Å²) in [6, 6.07) is 4.81. The first-order valence-electron chi connectivity index (χ1n) is 27.5. The highest BCUT2D eigenvalue weighted by Crippen LogP contribution is 2.35. The van der Waals surface area contributed by atoms with Crippen LogP contribution < -0.4 is 21.3 Å². The maximum Gasteiger partial charge on any atom is 0.416 e. The molecule has 7 aromatic heterocycles. The van der Waals surface area contributed by atoms with Gasteiger partial charge < -0.3 is 31.1 Å². The molecule has 0 spiro atoms. The third-order valence-electron chi connectivity index (χ3n) is 12.4. The number of rotatable bonds is 18. The van der Waals surface area contributed by atoms with Crippen molar-refractivity contribution in [2.45, 2.75) is 172 Å². The first-order chi connectivity index (χ1) is 38.3. The van der Waals surface area contributed by atoms with Gasteiger partial charge in [-0.2, -0.15) is 13.2 Å². The van der Waals surface area contributed by atoms with Crippen molar-refractivity contribution in [1.82, 2.24) is 48.1 Å². The molecular formula is C60H81F3N14O5S. The lowest BCUT2D eigenvalue weighted by molar-refractivity contribution is -0.137. The molecule has 0 saturated heterocycles. The van der Waals surface area contributed by atoms with Gasteiger partial charge in [-0.1, -0.05) is 69.2 Å². The number of halogens is 3. The van der Waals surface area contributed by atoms with Crippen molar-refractivity contribution in [3.8, 4) is 0 Å². The monoisotopic (exact) mass is 1170 g/mol. The van der Waals surface area contributed by atoms with E-state index in [4.69, 9.17) is 9.84 Å². The SMILES string of the molecule is CC(C)(C)CC(C)(C)Nc1cnc2cnc(C(=O)O)cn12.CC(CC(=O)c1cn2c(NC(C)(C)CC(C)(C)C)cnc2cn1)c1ncc(Nc2ccc(C(F)(F)F)cc2)s1.CCOC(=O)c1cn2c(NC(C)(C)CC(C)(C)C)cnc2cn1. The quantitative estimate of drug-likeness (QED) is 0.0397. The van der Waals surface area contributed by atoms with Crippen LogP contribution in [-0.2, 0) is 10.9 Å². The Labute approximate surface area is 487 Å². The summed E-state index contributed by atoms with van der Waals surface area (Å²) >= 11 is 1.36. The largest absolute Gasteiger partial charge is 0.476 e. The number of nitrogens with zero attached hydrogens (tertiary/aromatic N) is 10. The normalized spacial score (nSPS) is 13.0. The summed E-state index contributed by atoms with van der Waals surface area (Å²) in [6.07, 6.45) is 15.0. The zero-order valence-electron chi connectivity index (χ0n) is 50.8. The number of ketones is 1. The molecule has 0 saturated carbocycles. The minimum atomic E-state index is -4.38. The van der Waals surface area contributed by atoms with Gasteiger partial charge >= 0.3 is 18.1 Å². The van der Waals surface area contributed by atoms with E-state index in [0.29, 0.717) is 39.9 Å². The fourth-order valence-corrected chi connectivity index (χ4v) is 11.5. The number of benzene rings is 1. The highest BCUT2D eigenvalue weighted by Gasteiger charge is 2.31. The zero-order chi connectivity index (χ0) is 61.7. The van der Waals surface area contributed by atoms with Gasteiger partial charge in [-0.15, -0.1) is 11.3 Å². The van der Waals surface area contributed by atoms with Crippen LogP contribution in [0.2, 0.25) is 0 Å². The smallest absolute Gasteiger partial charge is 0.416 e. The lowest BCUT2D eigenvalue weighted by atomic mass is 9.82. The molecule has 19 nitrogen and oxygen atoms in total. The second kappa shape index (κ2) is 25.0. The average Bonchev–Trinajstić information content (AvgIpc) is 4.40. The summed E-state index contributed by atoms with van der Waals surface area (Å²) in [5, 5.41) is 24.0. The van der Waals surface area contributed by atoms with Gasteiger partial charge in [0, 0.05) is 53.2 Å². The van der Waals surface area contributed by atoms with Gasteiger partial charge in [0.05, 0.1) is 60.6 Å². The van der Waals surface area contributed by atoms with Crippen LogP contribution >= 0.6 is 11.3 Å². The summed E-state index contributed by atoms with van der Waals surface area (Å²) in [5.41, 5.74) is 2.47. The number of thiazole rings is 1. The molecule has 0 amide bonds. The lowest BCUT2D eigenvalue weighted by Gasteiger charge is -2.33. The number of carbonyl (C=O) groups is 3. The van der Waals surface area contributed by atoms with E-state index in [1.807, 2.05) is 15.7 Å². The number of carbonyl (C=O) groups excluding carboxylic acids is 2. The number of aromatic carboxylic acids is 1. The number of Topliss-reactive ketones (excluding diaryl/α,β-unsaturated/α-hetero) is 1. The first kappa shape index (κ1) is 64.5. The molecule has 0 fully saturated rings. The molecular weight excluding hydrogens is 1090 g/mol. The average molecular weight is 1170 g/mol. The molecule has 8 aromatic rings. The number of carboxylic acids is 1. The summed E-state index contributed by atoms with van der Waals surface area (Å²) in [6.45, 7) is 36.7. The van der Waals surface area contributed by atoms with Gasteiger partial charge in [0.25, 0.3) is 0 Å². The van der Waals surface area contributed by atoms with Crippen LogP contribution in [0.4, 0.5) is 41.3 Å². The predicted molar refractivity (Wildman–Crippen MR) is 321 cm³/mol. The van der Waals surface area contributed by atoms with Gasteiger partial charge in [0.1, 0.15) is 28.1 Å². The second-order valence-electron chi connectivity index (χ2n) is 26.5. The van der Waals surface area contributed by atoms with Crippen molar-refractivity contribution < 1.29 is 37.4 Å². The van der Waals surface area contributed by atoms with Crippen LogP contribution in [-0.4, -0.2) is 94.1 Å². The highest BCUT2D eigenvalue weighted by atomic mass is 32.1. The maximum absolute atomic E-state index is 13.1. The Hall–Kier alpha value is -7.69. The number of anilines is 5. The number of ether oxygens (including phenoxy) is 1.